The van der Waals surface area contributed by atoms with Crippen LogP contribution < -0.4 is 5.32 Å². The van der Waals surface area contributed by atoms with Crippen molar-refractivity contribution in [2.24, 2.45) is 0 Å². The summed E-state index contributed by atoms with van der Waals surface area (Å²) in [6, 6.07) is 11.3. The van der Waals surface area contributed by atoms with E-state index in [1.54, 1.807) is 0 Å². The minimum Gasteiger partial charge on any atom is -0.467 e. The highest BCUT2D eigenvalue weighted by Crippen LogP contribution is 2.34. The lowest BCUT2D eigenvalue weighted by Gasteiger charge is -2.36. The number of benzene rings is 2. The van der Waals surface area contributed by atoms with Crippen molar-refractivity contribution >= 4 is 23.5 Å². The smallest absolute Gasteiger partial charge is 0.418 e. The fourth-order valence-electron chi connectivity index (χ4n) is 3.78. The number of para-hydroxylation sites is 1. The number of likely N-dealkylation sites (N-methyl/N-ethyl adjacent to an activating group) is 1. The predicted octanol–water partition coefficient (Wildman–Crippen LogP) is 2.70. The van der Waals surface area contributed by atoms with Crippen LogP contribution in [0.5, 0.6) is 0 Å². The SMILES string of the molecule is COC(=O)[C@H]1Cc2ccccc2CN1C(=O)CN(C)CC(=O)Nc1ccccc1C(F)(F)F. The molecule has 7 nitrogen and oxygen atoms in total. The Morgan fingerprint density at radius 3 is 2.36 bits per heavy atom. The van der Waals surface area contributed by atoms with Crippen molar-refractivity contribution < 1.29 is 32.3 Å². The molecule has 3 rings (SSSR count). The molecular formula is C23H24F3N3O4. The highest BCUT2D eigenvalue weighted by molar-refractivity contribution is 5.93. The maximum absolute atomic E-state index is 13.1. The summed E-state index contributed by atoms with van der Waals surface area (Å²) < 4.78 is 44.2. The Morgan fingerprint density at radius 2 is 1.70 bits per heavy atom. The zero-order valence-corrected chi connectivity index (χ0v) is 18.2. The third kappa shape index (κ3) is 5.89. The van der Waals surface area contributed by atoms with Crippen molar-refractivity contribution in [1.82, 2.24) is 9.80 Å². The first-order chi connectivity index (χ1) is 15.6. The van der Waals surface area contributed by atoms with Gasteiger partial charge in [0.2, 0.25) is 11.8 Å². The highest BCUT2D eigenvalue weighted by Gasteiger charge is 2.36. The van der Waals surface area contributed by atoms with E-state index in [2.05, 4.69) is 5.32 Å². The molecule has 1 aliphatic rings. The number of carbonyl (C=O) groups excluding carboxylic acids is 3. The third-order valence-corrected chi connectivity index (χ3v) is 5.37. The highest BCUT2D eigenvalue weighted by atomic mass is 19.4. The van der Waals surface area contributed by atoms with Crippen molar-refractivity contribution in [3.8, 4) is 0 Å². The standard InChI is InChI=1S/C23H24F3N3O4/c1-28(13-20(30)27-18-10-6-5-9-17(18)23(24,25)26)14-21(31)29-12-16-8-4-3-7-15(16)11-19(29)22(32)33-2/h3-10,19H,11-14H2,1-2H3,(H,27,30)/t19-/m1/s1. The molecule has 1 aliphatic heterocycles. The molecule has 176 valence electrons. The monoisotopic (exact) mass is 463 g/mol. The van der Waals surface area contributed by atoms with Crippen LogP contribution in [-0.4, -0.2) is 60.9 Å². The van der Waals surface area contributed by atoms with Crippen LogP contribution in [0.15, 0.2) is 48.5 Å². The number of hydrogen-bond acceptors (Lipinski definition) is 5. The molecule has 0 aliphatic carbocycles. The zero-order chi connectivity index (χ0) is 24.2. The number of nitrogens with one attached hydrogen (secondary N) is 1. The van der Waals surface area contributed by atoms with E-state index in [-0.39, 0.29) is 25.3 Å². The Labute approximate surface area is 189 Å². The number of hydrogen-bond donors (Lipinski definition) is 1. The average Bonchev–Trinajstić information content (AvgIpc) is 2.77. The number of ether oxygens (including phenoxy) is 1. The summed E-state index contributed by atoms with van der Waals surface area (Å²) in [7, 11) is 2.75. The normalized spacial score (nSPS) is 15.7. The molecule has 0 aromatic heterocycles. The lowest BCUT2D eigenvalue weighted by molar-refractivity contribution is -0.154. The van der Waals surface area contributed by atoms with E-state index < -0.39 is 35.6 Å². The molecular weight excluding hydrogens is 439 g/mol. The molecule has 0 unspecified atom stereocenters. The van der Waals surface area contributed by atoms with Gasteiger partial charge in [-0.1, -0.05) is 36.4 Å². The minimum absolute atomic E-state index is 0.204. The number of carbonyl (C=O) groups is 3. The van der Waals surface area contributed by atoms with Gasteiger partial charge in [0.05, 0.1) is 31.5 Å². The molecule has 1 atom stereocenters. The van der Waals surface area contributed by atoms with Crippen molar-refractivity contribution in [1.29, 1.82) is 0 Å². The molecule has 10 heteroatoms. The molecule has 1 heterocycles. The predicted molar refractivity (Wildman–Crippen MR) is 114 cm³/mol. The Hall–Kier alpha value is -3.40. The second-order valence-electron chi connectivity index (χ2n) is 7.80. The number of fused-ring (bicyclic) bond motifs is 1. The lowest BCUT2D eigenvalue weighted by Crippen LogP contribution is -2.52. The molecule has 2 aromatic rings. The van der Waals surface area contributed by atoms with Crippen molar-refractivity contribution in [2.45, 2.75) is 25.2 Å². The third-order valence-electron chi connectivity index (χ3n) is 5.37. The van der Waals surface area contributed by atoms with Gasteiger partial charge in [0, 0.05) is 13.0 Å². The molecule has 0 radical (unpaired) electrons. The molecule has 2 aromatic carbocycles. The molecule has 2 amide bonds. The summed E-state index contributed by atoms with van der Waals surface area (Å²) >= 11 is 0. The van der Waals surface area contributed by atoms with Gasteiger partial charge in [0.15, 0.2) is 0 Å². The topological polar surface area (TPSA) is 79.0 Å². The Balaban J connectivity index is 1.65. The largest absolute Gasteiger partial charge is 0.467 e. The molecule has 0 saturated carbocycles. The number of halogens is 3. The van der Waals surface area contributed by atoms with Crippen LogP contribution >= 0.6 is 0 Å². The summed E-state index contributed by atoms with van der Waals surface area (Å²) in [6.07, 6.45) is -4.30. The second kappa shape index (κ2) is 10.0. The fraction of sp³-hybridized carbons (Fsp3) is 0.348. The van der Waals surface area contributed by atoms with Crippen LogP contribution in [0.3, 0.4) is 0 Å². The Bertz CT molecular complexity index is 1040. The molecule has 0 fully saturated rings. The first-order valence-electron chi connectivity index (χ1n) is 10.2. The van der Waals surface area contributed by atoms with Crippen LogP contribution in [0.25, 0.3) is 0 Å². The zero-order valence-electron chi connectivity index (χ0n) is 18.2. The van der Waals surface area contributed by atoms with Crippen molar-refractivity contribution in [3.05, 3.63) is 65.2 Å². The van der Waals surface area contributed by atoms with Crippen LogP contribution in [0.4, 0.5) is 18.9 Å². The van der Waals surface area contributed by atoms with Crippen LogP contribution in [0, 0.1) is 0 Å². The van der Waals surface area contributed by atoms with E-state index in [9.17, 15) is 27.6 Å². The maximum Gasteiger partial charge on any atom is 0.418 e. The van der Waals surface area contributed by atoms with Gasteiger partial charge < -0.3 is 15.0 Å². The van der Waals surface area contributed by atoms with Crippen LogP contribution in [0.2, 0.25) is 0 Å². The molecule has 33 heavy (non-hydrogen) atoms. The molecule has 0 saturated heterocycles. The van der Waals surface area contributed by atoms with Gasteiger partial charge in [-0.25, -0.2) is 4.79 Å². The van der Waals surface area contributed by atoms with E-state index in [0.717, 1.165) is 23.3 Å². The minimum atomic E-state index is -4.61. The maximum atomic E-state index is 13.1. The van der Waals surface area contributed by atoms with Gasteiger partial charge in [-0.15, -0.1) is 0 Å². The van der Waals surface area contributed by atoms with Gasteiger partial charge >= 0.3 is 12.1 Å². The number of anilines is 1. The van der Waals surface area contributed by atoms with Gasteiger partial charge in [-0.2, -0.15) is 13.2 Å². The van der Waals surface area contributed by atoms with Gasteiger partial charge in [-0.05, 0) is 30.3 Å². The van der Waals surface area contributed by atoms with Gasteiger partial charge in [0.25, 0.3) is 0 Å². The quantitative estimate of drug-likeness (QED) is 0.667. The second-order valence-corrected chi connectivity index (χ2v) is 7.80. The summed E-state index contributed by atoms with van der Waals surface area (Å²) in [4.78, 5) is 40.4. The van der Waals surface area contributed by atoms with Crippen molar-refractivity contribution in [3.63, 3.8) is 0 Å². The summed E-state index contributed by atoms with van der Waals surface area (Å²) in [5, 5.41) is 2.25. The summed E-state index contributed by atoms with van der Waals surface area (Å²) in [6.45, 7) is -0.303. The van der Waals surface area contributed by atoms with Gasteiger partial charge in [0.1, 0.15) is 6.04 Å². The first kappa shape index (κ1) is 24.2. The van der Waals surface area contributed by atoms with E-state index in [1.807, 2.05) is 24.3 Å². The fourth-order valence-corrected chi connectivity index (χ4v) is 3.78. The van der Waals surface area contributed by atoms with E-state index in [1.165, 1.54) is 36.1 Å². The Morgan fingerprint density at radius 1 is 1.06 bits per heavy atom. The number of amides is 2. The summed E-state index contributed by atoms with van der Waals surface area (Å²) in [5.74, 6) is -1.64. The molecule has 0 bridgehead atoms. The Kier molecular flexibility index (Phi) is 7.37. The van der Waals surface area contributed by atoms with Crippen molar-refractivity contribution in [2.75, 3.05) is 32.6 Å². The van der Waals surface area contributed by atoms with Crippen LogP contribution in [0.1, 0.15) is 16.7 Å². The first-order valence-corrected chi connectivity index (χ1v) is 10.2. The molecule has 1 N–H and O–H groups in total. The number of methoxy groups -OCH3 is 1. The number of alkyl halides is 3. The average molecular weight is 463 g/mol. The number of nitrogens with zero attached hydrogens (tertiary/aromatic N) is 2. The summed E-state index contributed by atoms with van der Waals surface area (Å²) in [5.41, 5.74) is 0.557. The number of esters is 1. The van der Waals surface area contributed by atoms with E-state index in [0.29, 0.717) is 6.42 Å². The number of rotatable bonds is 6. The van der Waals surface area contributed by atoms with E-state index in [4.69, 9.17) is 4.74 Å². The van der Waals surface area contributed by atoms with E-state index >= 15 is 0 Å². The van der Waals surface area contributed by atoms with Gasteiger partial charge in [-0.3, -0.25) is 14.5 Å². The molecule has 0 spiro atoms. The van der Waals surface area contributed by atoms with Crippen LogP contribution in [-0.2, 0) is 38.3 Å². The lowest BCUT2D eigenvalue weighted by atomic mass is 9.94.